The summed E-state index contributed by atoms with van der Waals surface area (Å²) in [4.78, 5) is 13.6. The second-order valence-corrected chi connectivity index (χ2v) is 6.92. The van der Waals surface area contributed by atoms with Crippen molar-refractivity contribution in [3.63, 3.8) is 0 Å². The highest BCUT2D eigenvalue weighted by Crippen LogP contribution is 2.24. The lowest BCUT2D eigenvalue weighted by Crippen LogP contribution is -2.12. The number of benzene rings is 1. The van der Waals surface area contributed by atoms with Crippen LogP contribution in [0.1, 0.15) is 24.0 Å². The monoisotopic (exact) mass is 341 g/mol. The van der Waals surface area contributed by atoms with Gasteiger partial charge in [-0.15, -0.1) is 0 Å². The van der Waals surface area contributed by atoms with Crippen molar-refractivity contribution in [3.8, 4) is 5.75 Å². The fraction of sp³-hybridized carbons (Fsp3) is 0.474. The standard InChI is InChI=1S/C19H23N3O3/c1-21-10-15(9-20-21)11-22-12-16(22)13-24-17-4-2-3-14(7-17)8-18-5-6-19(23)25-18/h2-4,7,9-10,16,18H,5-6,8,11-13H2,1H3. The van der Waals surface area contributed by atoms with Gasteiger partial charge in [-0.3, -0.25) is 14.4 Å². The lowest BCUT2D eigenvalue weighted by molar-refractivity contribution is -0.141. The van der Waals surface area contributed by atoms with Gasteiger partial charge >= 0.3 is 5.97 Å². The number of carbonyl (C=O) groups is 1. The molecule has 0 radical (unpaired) electrons. The number of aromatic nitrogens is 2. The van der Waals surface area contributed by atoms with E-state index in [1.54, 1.807) is 0 Å². The second-order valence-electron chi connectivity index (χ2n) is 6.92. The molecule has 0 bridgehead atoms. The SMILES string of the molecule is Cn1cc(CN2CC2COc2cccc(CC3CCC(=O)O3)c2)cn1. The van der Waals surface area contributed by atoms with Gasteiger partial charge in [-0.25, -0.2) is 0 Å². The molecule has 2 aromatic rings. The van der Waals surface area contributed by atoms with Gasteiger partial charge in [0.2, 0.25) is 0 Å². The fourth-order valence-corrected chi connectivity index (χ4v) is 3.31. The summed E-state index contributed by atoms with van der Waals surface area (Å²) in [6.07, 6.45) is 6.09. The van der Waals surface area contributed by atoms with Crippen molar-refractivity contribution in [2.24, 2.45) is 7.05 Å². The van der Waals surface area contributed by atoms with Gasteiger partial charge < -0.3 is 9.47 Å². The van der Waals surface area contributed by atoms with Crippen LogP contribution in [0.3, 0.4) is 0 Å². The molecule has 4 rings (SSSR count). The predicted octanol–water partition coefficient (Wildman–Crippen LogP) is 1.93. The Morgan fingerprint density at radius 2 is 2.28 bits per heavy atom. The molecule has 132 valence electrons. The molecule has 6 nitrogen and oxygen atoms in total. The van der Waals surface area contributed by atoms with Crippen molar-refractivity contribution >= 4 is 5.97 Å². The molecule has 0 saturated carbocycles. The Hall–Kier alpha value is -2.34. The van der Waals surface area contributed by atoms with E-state index in [1.165, 1.54) is 5.56 Å². The van der Waals surface area contributed by atoms with Crippen molar-refractivity contribution in [2.45, 2.75) is 38.0 Å². The van der Waals surface area contributed by atoms with Crippen molar-refractivity contribution in [1.29, 1.82) is 0 Å². The lowest BCUT2D eigenvalue weighted by atomic mass is 10.1. The number of ether oxygens (including phenoxy) is 2. The van der Waals surface area contributed by atoms with Crippen LogP contribution >= 0.6 is 0 Å². The first-order valence-corrected chi connectivity index (χ1v) is 8.78. The summed E-state index contributed by atoms with van der Waals surface area (Å²) < 4.78 is 13.1. The zero-order valence-electron chi connectivity index (χ0n) is 14.4. The molecule has 2 saturated heterocycles. The number of rotatable bonds is 7. The van der Waals surface area contributed by atoms with Crippen molar-refractivity contribution in [2.75, 3.05) is 13.2 Å². The third kappa shape index (κ3) is 4.20. The van der Waals surface area contributed by atoms with Crippen molar-refractivity contribution in [1.82, 2.24) is 14.7 Å². The molecule has 0 amide bonds. The van der Waals surface area contributed by atoms with Crippen LogP contribution in [0, 0.1) is 0 Å². The largest absolute Gasteiger partial charge is 0.492 e. The molecule has 6 heteroatoms. The van der Waals surface area contributed by atoms with Crippen LogP contribution in [0.15, 0.2) is 36.7 Å². The van der Waals surface area contributed by atoms with Gasteiger partial charge in [0.15, 0.2) is 0 Å². The average molecular weight is 341 g/mol. The molecular formula is C19H23N3O3. The minimum Gasteiger partial charge on any atom is -0.492 e. The molecule has 1 aromatic heterocycles. The maximum atomic E-state index is 11.2. The molecule has 2 fully saturated rings. The van der Waals surface area contributed by atoms with Crippen LogP contribution in [0.2, 0.25) is 0 Å². The second kappa shape index (κ2) is 6.88. The smallest absolute Gasteiger partial charge is 0.306 e. The molecule has 25 heavy (non-hydrogen) atoms. The van der Waals surface area contributed by atoms with E-state index in [0.29, 0.717) is 19.1 Å². The lowest BCUT2D eigenvalue weighted by Gasteiger charge is -2.11. The summed E-state index contributed by atoms with van der Waals surface area (Å²) in [7, 11) is 1.94. The highest BCUT2D eigenvalue weighted by atomic mass is 16.5. The van der Waals surface area contributed by atoms with Gasteiger partial charge in [-0.1, -0.05) is 12.1 Å². The van der Waals surface area contributed by atoms with Crippen molar-refractivity contribution in [3.05, 3.63) is 47.8 Å². The normalized spacial score (nSPS) is 25.0. The van der Waals surface area contributed by atoms with E-state index >= 15 is 0 Å². The first-order valence-electron chi connectivity index (χ1n) is 8.78. The number of esters is 1. The van der Waals surface area contributed by atoms with Gasteiger partial charge in [0, 0.05) is 44.7 Å². The molecule has 2 aliphatic heterocycles. The van der Waals surface area contributed by atoms with Crippen LogP contribution in [0.5, 0.6) is 5.75 Å². The Morgan fingerprint density at radius 1 is 1.36 bits per heavy atom. The van der Waals surface area contributed by atoms with Crippen LogP contribution in [0.4, 0.5) is 0 Å². The summed E-state index contributed by atoms with van der Waals surface area (Å²) in [5, 5.41) is 4.20. The quantitative estimate of drug-likeness (QED) is 0.569. The van der Waals surface area contributed by atoms with E-state index in [1.807, 2.05) is 30.1 Å². The van der Waals surface area contributed by atoms with Crippen molar-refractivity contribution < 1.29 is 14.3 Å². The van der Waals surface area contributed by atoms with E-state index < -0.39 is 0 Å². The maximum absolute atomic E-state index is 11.2. The number of hydrogen-bond donors (Lipinski definition) is 0. The fourth-order valence-electron chi connectivity index (χ4n) is 3.31. The predicted molar refractivity (Wildman–Crippen MR) is 92.2 cm³/mol. The van der Waals surface area contributed by atoms with Crippen LogP contribution in [0.25, 0.3) is 0 Å². The molecule has 0 spiro atoms. The third-order valence-electron chi connectivity index (χ3n) is 4.74. The first-order chi connectivity index (χ1) is 12.2. The van der Waals surface area contributed by atoms with Crippen LogP contribution in [-0.4, -0.2) is 45.9 Å². The molecular weight excluding hydrogens is 318 g/mol. The number of cyclic esters (lactones) is 1. The highest BCUT2D eigenvalue weighted by molar-refractivity contribution is 5.71. The number of aryl methyl sites for hydroxylation is 1. The minimum atomic E-state index is -0.0835. The zero-order valence-corrected chi connectivity index (χ0v) is 14.4. The maximum Gasteiger partial charge on any atom is 0.306 e. The summed E-state index contributed by atoms with van der Waals surface area (Å²) >= 11 is 0. The molecule has 3 unspecified atom stereocenters. The number of hydrogen-bond acceptors (Lipinski definition) is 5. The number of nitrogens with zero attached hydrogens (tertiary/aromatic N) is 3. The minimum absolute atomic E-state index is 0.0150. The number of carbonyl (C=O) groups excluding carboxylic acids is 1. The Bertz CT molecular complexity index is 758. The van der Waals surface area contributed by atoms with Gasteiger partial charge in [-0.2, -0.15) is 5.10 Å². The molecule has 3 atom stereocenters. The van der Waals surface area contributed by atoms with Crippen LogP contribution in [-0.2, 0) is 29.5 Å². The summed E-state index contributed by atoms with van der Waals surface area (Å²) in [6.45, 7) is 2.68. The Kier molecular flexibility index (Phi) is 4.44. The molecule has 1 aromatic carbocycles. The van der Waals surface area contributed by atoms with Gasteiger partial charge in [-0.05, 0) is 24.1 Å². The molecule has 2 aliphatic rings. The summed E-state index contributed by atoms with van der Waals surface area (Å²) in [5.41, 5.74) is 2.39. The van der Waals surface area contributed by atoms with E-state index in [0.717, 1.165) is 37.2 Å². The zero-order chi connectivity index (χ0) is 17.2. The first kappa shape index (κ1) is 16.1. The molecule has 0 aliphatic carbocycles. The van der Waals surface area contributed by atoms with Gasteiger partial charge in [0.1, 0.15) is 18.5 Å². The Labute approximate surface area is 147 Å². The molecule has 3 heterocycles. The molecule has 0 N–H and O–H groups in total. The van der Waals surface area contributed by atoms with E-state index in [4.69, 9.17) is 9.47 Å². The van der Waals surface area contributed by atoms with Gasteiger partial charge in [0.05, 0.1) is 12.2 Å². The van der Waals surface area contributed by atoms with Crippen LogP contribution < -0.4 is 4.74 Å². The summed E-state index contributed by atoms with van der Waals surface area (Å²) in [5.74, 6) is 0.801. The Morgan fingerprint density at radius 3 is 3.04 bits per heavy atom. The third-order valence-corrected chi connectivity index (χ3v) is 4.74. The van der Waals surface area contributed by atoms with E-state index in [9.17, 15) is 4.79 Å². The van der Waals surface area contributed by atoms with E-state index in [2.05, 4.69) is 28.3 Å². The highest BCUT2D eigenvalue weighted by Gasteiger charge is 2.34. The van der Waals surface area contributed by atoms with E-state index in [-0.39, 0.29) is 12.1 Å². The Balaban J connectivity index is 1.24. The topological polar surface area (TPSA) is 56.4 Å². The van der Waals surface area contributed by atoms with Gasteiger partial charge in [0.25, 0.3) is 0 Å². The average Bonchev–Trinajstić information content (AvgIpc) is 2.98. The summed E-state index contributed by atoms with van der Waals surface area (Å²) in [6, 6.07) is 8.57.